The summed E-state index contributed by atoms with van der Waals surface area (Å²) in [5.41, 5.74) is 0.943. The van der Waals surface area contributed by atoms with Gasteiger partial charge in [0.1, 0.15) is 5.82 Å². The van der Waals surface area contributed by atoms with Gasteiger partial charge >= 0.3 is 0 Å². The highest BCUT2D eigenvalue weighted by molar-refractivity contribution is 8.13. The van der Waals surface area contributed by atoms with Gasteiger partial charge in [-0.2, -0.15) is 0 Å². The maximum atomic E-state index is 13.7. The monoisotopic (exact) mass is 259 g/mol. The summed E-state index contributed by atoms with van der Waals surface area (Å²) in [5.74, 6) is 5.49. The van der Waals surface area contributed by atoms with Crippen LogP contribution in [0.1, 0.15) is 12.5 Å². The number of fused-ring (bicyclic) bond motifs is 1. The van der Waals surface area contributed by atoms with Crippen molar-refractivity contribution in [2.24, 2.45) is 0 Å². The van der Waals surface area contributed by atoms with Gasteiger partial charge < -0.3 is 0 Å². The summed E-state index contributed by atoms with van der Waals surface area (Å²) in [6.07, 6.45) is 1.62. The van der Waals surface area contributed by atoms with Gasteiger partial charge in [-0.1, -0.05) is 29.7 Å². The topological polar surface area (TPSA) is 30.0 Å². The summed E-state index contributed by atoms with van der Waals surface area (Å²) in [6, 6.07) is 6.70. The first kappa shape index (κ1) is 12.6. The fraction of sp³-hybridized carbons (Fsp3) is 0.143. The van der Waals surface area contributed by atoms with Crippen molar-refractivity contribution >= 4 is 27.8 Å². The highest BCUT2D eigenvalue weighted by atomic mass is 32.2. The number of carbonyl (C=O) groups excluding carboxylic acids is 1. The lowest BCUT2D eigenvalue weighted by molar-refractivity contribution is -0.109. The van der Waals surface area contributed by atoms with E-state index >= 15 is 0 Å². The van der Waals surface area contributed by atoms with Gasteiger partial charge in [0.2, 0.25) is 0 Å². The van der Waals surface area contributed by atoms with Crippen LogP contribution in [0, 0.1) is 17.7 Å². The Morgan fingerprint density at radius 1 is 1.50 bits per heavy atom. The number of hydrogen-bond acceptors (Lipinski definition) is 3. The molecule has 2 rings (SSSR count). The average Bonchev–Trinajstić information content (AvgIpc) is 2.34. The maximum Gasteiger partial charge on any atom is 0.186 e. The van der Waals surface area contributed by atoms with Crippen molar-refractivity contribution in [2.45, 2.75) is 6.92 Å². The molecule has 1 aromatic carbocycles. The Morgan fingerprint density at radius 2 is 2.33 bits per heavy atom. The van der Waals surface area contributed by atoms with Gasteiger partial charge in [0, 0.05) is 24.6 Å². The molecule has 90 valence electrons. The molecule has 18 heavy (non-hydrogen) atoms. The minimum absolute atomic E-state index is 0.00693. The van der Waals surface area contributed by atoms with E-state index in [1.165, 1.54) is 13.0 Å². The molecule has 1 heterocycles. The summed E-state index contributed by atoms with van der Waals surface area (Å²) in [7, 11) is 0. The molecule has 4 heteroatoms. The van der Waals surface area contributed by atoms with Crippen LogP contribution in [-0.4, -0.2) is 15.9 Å². The van der Waals surface area contributed by atoms with Gasteiger partial charge in [0.05, 0.1) is 16.8 Å². The lowest BCUT2D eigenvalue weighted by Gasteiger charge is -1.99. The van der Waals surface area contributed by atoms with Gasteiger partial charge in [-0.15, -0.1) is 0 Å². The van der Waals surface area contributed by atoms with Crippen LogP contribution >= 0.6 is 11.8 Å². The van der Waals surface area contributed by atoms with Gasteiger partial charge in [0.25, 0.3) is 0 Å². The van der Waals surface area contributed by atoms with Crippen LogP contribution < -0.4 is 0 Å². The molecule has 0 radical (unpaired) electrons. The highest BCUT2D eigenvalue weighted by Gasteiger charge is 2.02. The largest absolute Gasteiger partial charge is 0.288 e. The summed E-state index contributed by atoms with van der Waals surface area (Å²) >= 11 is 1.11. The number of carbonyl (C=O) groups is 1. The molecule has 0 spiro atoms. The van der Waals surface area contributed by atoms with Crippen LogP contribution in [0.5, 0.6) is 0 Å². The lowest BCUT2D eigenvalue weighted by Crippen LogP contribution is -1.87. The van der Waals surface area contributed by atoms with E-state index in [0.717, 1.165) is 17.1 Å². The van der Waals surface area contributed by atoms with E-state index in [-0.39, 0.29) is 10.9 Å². The number of thioether (sulfide) groups is 1. The summed E-state index contributed by atoms with van der Waals surface area (Å²) in [4.78, 5) is 14.8. The number of rotatable bonds is 1. The van der Waals surface area contributed by atoms with E-state index < -0.39 is 0 Å². The van der Waals surface area contributed by atoms with E-state index in [1.807, 2.05) is 6.07 Å². The Balaban J connectivity index is 2.27. The second kappa shape index (κ2) is 5.65. The molecule has 0 bridgehead atoms. The highest BCUT2D eigenvalue weighted by Crippen LogP contribution is 2.16. The Hall–Kier alpha value is -1.86. The minimum atomic E-state index is -0.387. The molecule has 0 unspecified atom stereocenters. The third-order valence-electron chi connectivity index (χ3n) is 2.26. The Kier molecular flexibility index (Phi) is 3.96. The molecule has 2 aromatic rings. The fourth-order valence-electron chi connectivity index (χ4n) is 1.46. The number of pyridine rings is 1. The number of halogens is 1. The third-order valence-corrected chi connectivity index (χ3v) is 2.96. The van der Waals surface area contributed by atoms with E-state index in [0.29, 0.717) is 16.8 Å². The van der Waals surface area contributed by atoms with Crippen LogP contribution in [0.3, 0.4) is 0 Å². The summed E-state index contributed by atoms with van der Waals surface area (Å²) < 4.78 is 13.7. The molecular formula is C14H10FNOS. The predicted octanol–water partition coefficient (Wildman–Crippen LogP) is 3.01. The van der Waals surface area contributed by atoms with Crippen LogP contribution in [0.4, 0.5) is 4.39 Å². The molecule has 0 atom stereocenters. The average molecular weight is 259 g/mol. The quantitative estimate of drug-likeness (QED) is 0.737. The van der Waals surface area contributed by atoms with E-state index in [2.05, 4.69) is 16.8 Å². The SMILES string of the molecule is CC(=O)SCC#Cc1cc2cccnc2cc1F. The third kappa shape index (κ3) is 3.08. The molecule has 0 aliphatic heterocycles. The Morgan fingerprint density at radius 3 is 3.11 bits per heavy atom. The second-order valence-corrected chi connectivity index (χ2v) is 4.76. The Labute approximate surface area is 109 Å². The summed E-state index contributed by atoms with van der Waals surface area (Å²) in [6.45, 7) is 1.48. The van der Waals surface area contributed by atoms with E-state index in [4.69, 9.17) is 0 Å². The zero-order chi connectivity index (χ0) is 13.0. The van der Waals surface area contributed by atoms with Crippen molar-refractivity contribution in [3.8, 4) is 11.8 Å². The van der Waals surface area contributed by atoms with Gasteiger partial charge in [-0.05, 0) is 12.1 Å². The second-order valence-electron chi connectivity index (χ2n) is 3.61. The van der Waals surface area contributed by atoms with Gasteiger partial charge in [0.15, 0.2) is 5.12 Å². The molecule has 0 aliphatic rings. The summed E-state index contributed by atoms with van der Waals surface area (Å²) in [5, 5.41) is 0.856. The molecule has 1 aromatic heterocycles. The Bertz CT molecular complexity index is 658. The van der Waals surface area contributed by atoms with Crippen LogP contribution in [0.15, 0.2) is 30.5 Å². The first-order valence-corrected chi connectivity index (χ1v) is 6.32. The van der Waals surface area contributed by atoms with Crippen molar-refractivity contribution in [3.63, 3.8) is 0 Å². The van der Waals surface area contributed by atoms with E-state index in [9.17, 15) is 9.18 Å². The lowest BCUT2D eigenvalue weighted by atomic mass is 10.1. The number of aromatic nitrogens is 1. The standard InChI is InChI=1S/C14H10FNOS/c1-10(17)18-7-3-5-11-8-12-4-2-6-16-14(12)9-13(11)15/h2,4,6,8-9H,7H2,1H3. The molecule has 0 fully saturated rings. The molecule has 0 aliphatic carbocycles. The number of hydrogen-bond donors (Lipinski definition) is 0. The van der Waals surface area contributed by atoms with Crippen LogP contribution in [0.2, 0.25) is 0 Å². The first-order chi connectivity index (χ1) is 8.66. The number of benzene rings is 1. The van der Waals surface area contributed by atoms with Crippen molar-refractivity contribution in [1.29, 1.82) is 0 Å². The molecule has 0 amide bonds. The smallest absolute Gasteiger partial charge is 0.186 e. The van der Waals surface area contributed by atoms with Gasteiger partial charge in [-0.25, -0.2) is 4.39 Å². The molecule has 0 N–H and O–H groups in total. The predicted molar refractivity (Wildman–Crippen MR) is 71.7 cm³/mol. The van der Waals surface area contributed by atoms with Crippen LogP contribution in [0.25, 0.3) is 10.9 Å². The van der Waals surface area contributed by atoms with Crippen LogP contribution in [-0.2, 0) is 4.79 Å². The zero-order valence-corrected chi connectivity index (χ0v) is 10.6. The van der Waals surface area contributed by atoms with Crippen molar-refractivity contribution in [1.82, 2.24) is 4.98 Å². The first-order valence-electron chi connectivity index (χ1n) is 5.33. The molecule has 0 saturated heterocycles. The zero-order valence-electron chi connectivity index (χ0n) is 9.74. The van der Waals surface area contributed by atoms with Crippen molar-refractivity contribution in [2.75, 3.05) is 5.75 Å². The number of nitrogens with zero attached hydrogens (tertiary/aromatic N) is 1. The molecular weight excluding hydrogens is 249 g/mol. The maximum absolute atomic E-state index is 13.7. The van der Waals surface area contributed by atoms with Crippen molar-refractivity contribution < 1.29 is 9.18 Å². The fourth-order valence-corrected chi connectivity index (χ4v) is 1.81. The molecule has 0 saturated carbocycles. The van der Waals surface area contributed by atoms with E-state index in [1.54, 1.807) is 18.3 Å². The van der Waals surface area contributed by atoms with Crippen molar-refractivity contribution in [3.05, 3.63) is 41.8 Å². The normalized spacial score (nSPS) is 9.89. The minimum Gasteiger partial charge on any atom is -0.288 e. The van der Waals surface area contributed by atoms with Gasteiger partial charge in [-0.3, -0.25) is 9.78 Å². The molecule has 2 nitrogen and oxygen atoms in total.